The van der Waals surface area contributed by atoms with E-state index in [-0.39, 0.29) is 5.41 Å². The van der Waals surface area contributed by atoms with Crippen molar-refractivity contribution < 1.29 is 0 Å². The maximum atomic E-state index is 4.61. The lowest BCUT2D eigenvalue weighted by molar-refractivity contribution is 0.546. The van der Waals surface area contributed by atoms with E-state index in [2.05, 4.69) is 50.9 Å². The zero-order valence-corrected chi connectivity index (χ0v) is 13.2. The Morgan fingerprint density at radius 3 is 2.57 bits per heavy atom. The maximum Gasteiger partial charge on any atom is 0.138 e. The molecule has 2 rings (SSSR count). The Bertz CT molecular complexity index is 556. The van der Waals surface area contributed by atoms with Gasteiger partial charge in [0, 0.05) is 44.0 Å². The molecule has 6 nitrogen and oxygen atoms in total. The Morgan fingerprint density at radius 2 is 1.95 bits per heavy atom. The zero-order valence-electron chi connectivity index (χ0n) is 13.2. The zero-order chi connectivity index (χ0) is 15.3. The van der Waals surface area contributed by atoms with E-state index in [4.69, 9.17) is 0 Å². The fourth-order valence-corrected chi connectivity index (χ4v) is 1.90. The Balaban J connectivity index is 1.95. The standard InChI is InChI=1S/C15H24N6/c1-15(2,3)14-19-12(16-4)10-13(20-14)18-6-5-8-21-9-7-17-11-21/h7,9-11H,5-6,8H2,1-4H3,(H2,16,18,19,20). The molecule has 0 aliphatic rings. The Kier molecular flexibility index (Phi) is 4.77. The number of nitrogens with one attached hydrogen (secondary N) is 2. The molecule has 2 aromatic rings. The van der Waals surface area contributed by atoms with Gasteiger partial charge in [0.1, 0.15) is 17.5 Å². The van der Waals surface area contributed by atoms with Gasteiger partial charge in [0.15, 0.2) is 0 Å². The number of hydrogen-bond acceptors (Lipinski definition) is 5. The van der Waals surface area contributed by atoms with E-state index in [1.165, 1.54) is 0 Å². The third-order valence-electron chi connectivity index (χ3n) is 3.11. The summed E-state index contributed by atoms with van der Waals surface area (Å²) in [6.07, 6.45) is 6.62. The molecule has 0 unspecified atom stereocenters. The number of aromatic nitrogens is 4. The van der Waals surface area contributed by atoms with Gasteiger partial charge in [0.05, 0.1) is 6.33 Å². The van der Waals surface area contributed by atoms with Gasteiger partial charge in [0.2, 0.25) is 0 Å². The maximum absolute atomic E-state index is 4.61. The van der Waals surface area contributed by atoms with Gasteiger partial charge < -0.3 is 15.2 Å². The minimum Gasteiger partial charge on any atom is -0.373 e. The van der Waals surface area contributed by atoms with E-state index in [0.717, 1.165) is 37.0 Å². The first-order chi connectivity index (χ1) is 9.99. The van der Waals surface area contributed by atoms with Crippen LogP contribution < -0.4 is 10.6 Å². The van der Waals surface area contributed by atoms with Crippen LogP contribution in [0.3, 0.4) is 0 Å². The summed E-state index contributed by atoms with van der Waals surface area (Å²) < 4.78 is 2.07. The summed E-state index contributed by atoms with van der Waals surface area (Å²) in [6, 6.07) is 1.94. The highest BCUT2D eigenvalue weighted by atomic mass is 15.1. The van der Waals surface area contributed by atoms with Crippen LogP contribution in [0.4, 0.5) is 11.6 Å². The van der Waals surface area contributed by atoms with Gasteiger partial charge in [-0.1, -0.05) is 20.8 Å². The first-order valence-corrected chi connectivity index (χ1v) is 7.26. The fourth-order valence-electron chi connectivity index (χ4n) is 1.90. The molecule has 6 heteroatoms. The lowest BCUT2D eigenvalue weighted by atomic mass is 9.96. The monoisotopic (exact) mass is 288 g/mol. The summed E-state index contributed by atoms with van der Waals surface area (Å²) in [5.74, 6) is 2.54. The van der Waals surface area contributed by atoms with Crippen molar-refractivity contribution in [2.75, 3.05) is 24.2 Å². The predicted octanol–water partition coefficient (Wildman–Crippen LogP) is 2.51. The van der Waals surface area contributed by atoms with E-state index in [0.29, 0.717) is 0 Å². The van der Waals surface area contributed by atoms with Gasteiger partial charge in [-0.2, -0.15) is 0 Å². The summed E-state index contributed by atoms with van der Waals surface area (Å²) in [4.78, 5) is 13.2. The van der Waals surface area contributed by atoms with Crippen LogP contribution in [-0.2, 0) is 12.0 Å². The Hall–Kier alpha value is -2.11. The normalized spacial score (nSPS) is 11.4. The first-order valence-electron chi connectivity index (χ1n) is 7.26. The van der Waals surface area contributed by atoms with Crippen molar-refractivity contribution in [3.8, 4) is 0 Å². The molecular formula is C15H24N6. The van der Waals surface area contributed by atoms with Crippen LogP contribution in [0.2, 0.25) is 0 Å². The van der Waals surface area contributed by atoms with E-state index < -0.39 is 0 Å². The first kappa shape index (κ1) is 15.3. The van der Waals surface area contributed by atoms with Crippen LogP contribution in [0.5, 0.6) is 0 Å². The summed E-state index contributed by atoms with van der Waals surface area (Å²) >= 11 is 0. The van der Waals surface area contributed by atoms with Gasteiger partial charge in [0.25, 0.3) is 0 Å². The molecular weight excluding hydrogens is 264 g/mol. The molecule has 0 bridgehead atoms. The van der Waals surface area contributed by atoms with Crippen molar-refractivity contribution in [2.24, 2.45) is 0 Å². The molecule has 0 aliphatic heterocycles. The average Bonchev–Trinajstić information content (AvgIpc) is 2.95. The van der Waals surface area contributed by atoms with E-state index in [1.807, 2.05) is 25.6 Å². The molecule has 0 spiro atoms. The topological polar surface area (TPSA) is 67.7 Å². The number of imidazole rings is 1. The predicted molar refractivity (Wildman–Crippen MR) is 85.6 cm³/mol. The number of rotatable bonds is 6. The minimum atomic E-state index is -0.0693. The molecule has 21 heavy (non-hydrogen) atoms. The van der Waals surface area contributed by atoms with Crippen LogP contribution in [0, 0.1) is 0 Å². The van der Waals surface area contributed by atoms with Gasteiger partial charge in [-0.05, 0) is 6.42 Å². The summed E-state index contributed by atoms with van der Waals surface area (Å²) in [6.45, 7) is 8.16. The van der Waals surface area contributed by atoms with Crippen molar-refractivity contribution in [3.63, 3.8) is 0 Å². The highest BCUT2D eigenvalue weighted by Gasteiger charge is 2.18. The third-order valence-corrected chi connectivity index (χ3v) is 3.11. The average molecular weight is 288 g/mol. The van der Waals surface area contributed by atoms with Crippen molar-refractivity contribution in [1.82, 2.24) is 19.5 Å². The number of anilines is 2. The Morgan fingerprint density at radius 1 is 1.19 bits per heavy atom. The lowest BCUT2D eigenvalue weighted by Crippen LogP contribution is -2.18. The SMILES string of the molecule is CNc1cc(NCCCn2ccnc2)nc(C(C)(C)C)n1. The molecule has 0 saturated heterocycles. The molecule has 0 amide bonds. The summed E-state index contributed by atoms with van der Waals surface area (Å²) in [7, 11) is 1.87. The van der Waals surface area contributed by atoms with E-state index in [1.54, 1.807) is 6.20 Å². The van der Waals surface area contributed by atoms with E-state index in [9.17, 15) is 0 Å². The van der Waals surface area contributed by atoms with Crippen LogP contribution in [0.25, 0.3) is 0 Å². The second kappa shape index (κ2) is 6.56. The third kappa shape index (κ3) is 4.44. The fraction of sp³-hybridized carbons (Fsp3) is 0.533. The molecule has 0 aliphatic carbocycles. The molecule has 114 valence electrons. The highest BCUT2D eigenvalue weighted by molar-refractivity contribution is 5.47. The van der Waals surface area contributed by atoms with Crippen molar-refractivity contribution in [2.45, 2.75) is 39.2 Å². The van der Waals surface area contributed by atoms with E-state index >= 15 is 0 Å². The Labute approximate surface area is 126 Å². The smallest absolute Gasteiger partial charge is 0.138 e. The van der Waals surface area contributed by atoms with Crippen molar-refractivity contribution >= 4 is 11.6 Å². The molecule has 2 heterocycles. The van der Waals surface area contributed by atoms with Crippen LogP contribution in [-0.4, -0.2) is 33.1 Å². The molecule has 0 aromatic carbocycles. The second-order valence-electron chi connectivity index (χ2n) is 6.04. The molecule has 0 radical (unpaired) electrons. The van der Waals surface area contributed by atoms with Crippen molar-refractivity contribution in [1.29, 1.82) is 0 Å². The van der Waals surface area contributed by atoms with Crippen LogP contribution in [0.1, 0.15) is 33.0 Å². The molecule has 2 aromatic heterocycles. The van der Waals surface area contributed by atoms with Crippen LogP contribution >= 0.6 is 0 Å². The lowest BCUT2D eigenvalue weighted by Gasteiger charge is -2.19. The molecule has 2 N–H and O–H groups in total. The van der Waals surface area contributed by atoms with Crippen LogP contribution in [0.15, 0.2) is 24.8 Å². The largest absolute Gasteiger partial charge is 0.373 e. The molecule has 0 atom stereocenters. The minimum absolute atomic E-state index is 0.0693. The van der Waals surface area contributed by atoms with Gasteiger partial charge >= 0.3 is 0 Å². The second-order valence-corrected chi connectivity index (χ2v) is 6.04. The number of aryl methyl sites for hydroxylation is 1. The summed E-state index contributed by atoms with van der Waals surface area (Å²) in [5, 5.41) is 6.46. The van der Waals surface area contributed by atoms with Gasteiger partial charge in [-0.15, -0.1) is 0 Å². The highest BCUT2D eigenvalue weighted by Crippen LogP contribution is 2.22. The molecule has 0 fully saturated rings. The molecule has 0 saturated carbocycles. The quantitative estimate of drug-likeness (QED) is 0.799. The number of nitrogens with zero attached hydrogens (tertiary/aromatic N) is 4. The van der Waals surface area contributed by atoms with Gasteiger partial charge in [-0.3, -0.25) is 0 Å². The number of hydrogen-bond donors (Lipinski definition) is 2. The summed E-state index contributed by atoms with van der Waals surface area (Å²) in [5.41, 5.74) is -0.0693. The van der Waals surface area contributed by atoms with Crippen molar-refractivity contribution in [3.05, 3.63) is 30.6 Å². The van der Waals surface area contributed by atoms with Gasteiger partial charge in [-0.25, -0.2) is 15.0 Å².